The summed E-state index contributed by atoms with van der Waals surface area (Å²) in [4.78, 5) is 26.2. The van der Waals surface area contributed by atoms with Crippen LogP contribution in [0.3, 0.4) is 0 Å². The molecule has 0 aliphatic heterocycles. The van der Waals surface area contributed by atoms with Gasteiger partial charge in [-0.15, -0.1) is 0 Å². The average molecular weight is 491 g/mol. The number of allylic oxidation sites excluding steroid dienone is 2. The summed E-state index contributed by atoms with van der Waals surface area (Å²) < 4.78 is 6.84. The fourth-order valence-corrected chi connectivity index (χ4v) is 4.95. The number of anilines is 2. The van der Waals surface area contributed by atoms with Crippen molar-refractivity contribution in [1.29, 1.82) is 0 Å². The zero-order valence-electron chi connectivity index (χ0n) is 20.4. The lowest BCUT2D eigenvalue weighted by atomic mass is 9.86. The molecule has 37 heavy (non-hydrogen) atoms. The molecule has 0 saturated heterocycles. The molecule has 0 fully saturated rings. The maximum atomic E-state index is 14.1. The minimum absolute atomic E-state index is 0.222. The van der Waals surface area contributed by atoms with E-state index in [1.807, 2.05) is 54.6 Å². The molecule has 8 nitrogen and oxygen atoms in total. The van der Waals surface area contributed by atoms with Gasteiger partial charge in [0.05, 0.1) is 24.6 Å². The van der Waals surface area contributed by atoms with Crippen molar-refractivity contribution in [3.8, 4) is 28.1 Å². The normalized spacial score (nSPS) is 15.1. The molecule has 5 aromatic rings. The van der Waals surface area contributed by atoms with Crippen molar-refractivity contribution >= 4 is 17.3 Å². The van der Waals surface area contributed by atoms with Gasteiger partial charge in [-0.25, -0.2) is 4.98 Å². The van der Waals surface area contributed by atoms with Gasteiger partial charge in [-0.1, -0.05) is 54.6 Å². The molecule has 0 amide bonds. The van der Waals surface area contributed by atoms with Crippen LogP contribution in [0.2, 0.25) is 0 Å². The van der Waals surface area contributed by atoms with Crippen molar-refractivity contribution in [2.24, 2.45) is 0 Å². The molecule has 1 aliphatic carbocycles. The van der Waals surface area contributed by atoms with Gasteiger partial charge in [-0.3, -0.25) is 9.78 Å². The summed E-state index contributed by atoms with van der Waals surface area (Å²) in [6.45, 7) is 0. The van der Waals surface area contributed by atoms with Crippen LogP contribution in [0.25, 0.3) is 28.0 Å². The molecular weight excluding hydrogens is 464 g/mol. The van der Waals surface area contributed by atoms with E-state index in [9.17, 15) is 4.79 Å². The van der Waals surface area contributed by atoms with Crippen LogP contribution in [0.15, 0.2) is 90.1 Å². The first-order valence-electron chi connectivity index (χ1n) is 12.3. The summed E-state index contributed by atoms with van der Waals surface area (Å²) in [6.07, 6.45) is 12.2. The monoisotopic (exact) mass is 490 g/mol. The minimum atomic E-state index is -0.222. The van der Waals surface area contributed by atoms with Gasteiger partial charge in [-0.2, -0.15) is 9.61 Å². The lowest BCUT2D eigenvalue weighted by molar-refractivity contribution is 0.415. The zero-order chi connectivity index (χ0) is 25.2. The summed E-state index contributed by atoms with van der Waals surface area (Å²) >= 11 is 0. The van der Waals surface area contributed by atoms with Gasteiger partial charge in [0, 0.05) is 23.5 Å². The van der Waals surface area contributed by atoms with E-state index in [0.717, 1.165) is 41.6 Å². The molecule has 184 valence electrons. The predicted octanol–water partition coefficient (Wildman–Crippen LogP) is 5.72. The molecule has 0 radical (unpaired) electrons. The summed E-state index contributed by atoms with van der Waals surface area (Å²) in [6, 6.07) is 17.5. The van der Waals surface area contributed by atoms with Crippen molar-refractivity contribution in [1.82, 2.24) is 24.6 Å². The number of ether oxygens (including phenoxy) is 1. The highest BCUT2D eigenvalue weighted by Crippen LogP contribution is 2.39. The van der Waals surface area contributed by atoms with Crippen LogP contribution in [-0.2, 0) is 0 Å². The van der Waals surface area contributed by atoms with Gasteiger partial charge in [0.1, 0.15) is 23.0 Å². The molecule has 3 heterocycles. The molecular formula is C29H26N6O2. The summed E-state index contributed by atoms with van der Waals surface area (Å²) in [7, 11) is 1.62. The topological polar surface area (TPSA) is 97.2 Å². The molecule has 2 N–H and O–H groups in total. The van der Waals surface area contributed by atoms with Crippen LogP contribution in [0.5, 0.6) is 5.75 Å². The van der Waals surface area contributed by atoms with Crippen molar-refractivity contribution in [2.75, 3.05) is 12.4 Å². The number of hydrogen-bond acceptors (Lipinski definition) is 6. The van der Waals surface area contributed by atoms with Gasteiger partial charge in [0.15, 0.2) is 0 Å². The van der Waals surface area contributed by atoms with Crippen LogP contribution in [-0.4, -0.2) is 31.7 Å². The van der Waals surface area contributed by atoms with Gasteiger partial charge < -0.3 is 15.0 Å². The van der Waals surface area contributed by atoms with Crippen molar-refractivity contribution in [3.63, 3.8) is 0 Å². The van der Waals surface area contributed by atoms with E-state index in [0.29, 0.717) is 28.6 Å². The van der Waals surface area contributed by atoms with E-state index in [1.165, 1.54) is 4.52 Å². The molecule has 1 unspecified atom stereocenters. The number of aromatic amines is 1. The quantitative estimate of drug-likeness (QED) is 0.295. The van der Waals surface area contributed by atoms with Crippen molar-refractivity contribution < 1.29 is 4.74 Å². The second kappa shape index (κ2) is 9.73. The van der Waals surface area contributed by atoms with Gasteiger partial charge >= 0.3 is 0 Å². The number of fused-ring (bicyclic) bond motifs is 1. The number of methoxy groups -OCH3 is 1. The standard InChI is InChI=1S/C29H26N6O2/c1-37-22-14-12-20(13-15-22)25-27(32-23-18-30-16-17-31-23)33-28-24(19-8-4-2-5-9-19)26(34-35(28)29(25)36)21-10-6-3-7-11-21/h2-4,6-7,10-19,33H,5,8-9H2,1H3,(H,31,32). The highest BCUT2D eigenvalue weighted by molar-refractivity contribution is 5.81. The third-order valence-electron chi connectivity index (χ3n) is 6.74. The molecule has 1 atom stereocenters. The first-order valence-corrected chi connectivity index (χ1v) is 12.3. The fourth-order valence-electron chi connectivity index (χ4n) is 4.95. The number of hydrogen-bond donors (Lipinski definition) is 2. The number of aromatic nitrogens is 5. The Bertz CT molecular complexity index is 1620. The molecule has 0 saturated carbocycles. The van der Waals surface area contributed by atoms with E-state index in [1.54, 1.807) is 25.7 Å². The molecule has 6 rings (SSSR count). The first kappa shape index (κ1) is 22.7. The zero-order valence-corrected chi connectivity index (χ0v) is 20.4. The Kier molecular flexibility index (Phi) is 5.98. The fraction of sp³-hybridized carbons (Fsp3) is 0.172. The summed E-state index contributed by atoms with van der Waals surface area (Å²) in [5.41, 5.74) is 4.51. The molecule has 1 aliphatic rings. The van der Waals surface area contributed by atoms with E-state index in [-0.39, 0.29) is 11.5 Å². The maximum Gasteiger partial charge on any atom is 0.284 e. The van der Waals surface area contributed by atoms with E-state index in [4.69, 9.17) is 9.84 Å². The van der Waals surface area contributed by atoms with Crippen LogP contribution in [0.1, 0.15) is 30.7 Å². The largest absolute Gasteiger partial charge is 0.497 e. The Morgan fingerprint density at radius 2 is 1.86 bits per heavy atom. The smallest absolute Gasteiger partial charge is 0.284 e. The number of rotatable bonds is 6. The average Bonchev–Trinajstić information content (AvgIpc) is 3.35. The highest BCUT2D eigenvalue weighted by Gasteiger charge is 2.27. The summed E-state index contributed by atoms with van der Waals surface area (Å²) in [5, 5.41) is 8.19. The lowest BCUT2D eigenvalue weighted by Gasteiger charge is -2.19. The Hall–Kier alpha value is -4.72. The molecule has 0 bridgehead atoms. The van der Waals surface area contributed by atoms with Crippen molar-refractivity contribution in [3.05, 3.63) is 101 Å². The van der Waals surface area contributed by atoms with E-state index in [2.05, 4.69) is 32.4 Å². The van der Waals surface area contributed by atoms with Gasteiger partial charge in [-0.05, 0) is 42.9 Å². The van der Waals surface area contributed by atoms with E-state index >= 15 is 0 Å². The van der Waals surface area contributed by atoms with Crippen LogP contribution >= 0.6 is 0 Å². The number of benzene rings is 2. The summed E-state index contributed by atoms with van der Waals surface area (Å²) in [5.74, 6) is 2.02. The van der Waals surface area contributed by atoms with Crippen LogP contribution < -0.4 is 15.6 Å². The van der Waals surface area contributed by atoms with Crippen molar-refractivity contribution in [2.45, 2.75) is 25.2 Å². The van der Waals surface area contributed by atoms with Gasteiger partial charge in [0.25, 0.3) is 5.56 Å². The first-order chi connectivity index (χ1) is 18.2. The molecule has 8 heteroatoms. The second-order valence-electron chi connectivity index (χ2n) is 8.99. The Labute approximate surface area is 213 Å². The van der Waals surface area contributed by atoms with Gasteiger partial charge in [0.2, 0.25) is 0 Å². The third kappa shape index (κ3) is 4.27. The lowest BCUT2D eigenvalue weighted by Crippen LogP contribution is -2.20. The second-order valence-corrected chi connectivity index (χ2v) is 8.99. The highest BCUT2D eigenvalue weighted by atomic mass is 16.5. The van der Waals surface area contributed by atoms with Crippen LogP contribution in [0, 0.1) is 0 Å². The van der Waals surface area contributed by atoms with E-state index < -0.39 is 0 Å². The SMILES string of the molecule is COc1ccc(-c2c(Nc3cnccn3)[nH]c3c(C4CC=CCC4)c(-c4ccccc4)nn3c2=O)cc1. The Morgan fingerprint density at radius 3 is 2.57 bits per heavy atom. The van der Waals surface area contributed by atoms with Crippen LogP contribution in [0.4, 0.5) is 11.6 Å². The predicted molar refractivity (Wildman–Crippen MR) is 144 cm³/mol. The minimum Gasteiger partial charge on any atom is -0.497 e. The molecule has 0 spiro atoms. The Balaban J connectivity index is 1.63. The maximum absolute atomic E-state index is 14.1. The molecule has 2 aromatic carbocycles. The number of nitrogens with one attached hydrogen (secondary N) is 2. The molecule has 3 aromatic heterocycles. The Morgan fingerprint density at radius 1 is 1.03 bits per heavy atom. The number of nitrogens with zero attached hydrogens (tertiary/aromatic N) is 4. The number of H-pyrrole nitrogens is 1. The third-order valence-corrected chi connectivity index (χ3v) is 6.74.